The summed E-state index contributed by atoms with van der Waals surface area (Å²) in [5.74, 6) is 1.69. The quantitative estimate of drug-likeness (QED) is 0.476. The molecule has 4 nitrogen and oxygen atoms in total. The zero-order valence-electron chi connectivity index (χ0n) is 15.4. The molecule has 0 amide bonds. The minimum Gasteiger partial charge on any atom is -0.494 e. The SMILES string of the molecule is CCOc1ccc(NC(=S)Nc2ccc(OCC)cc2)cc1.CC[B]Cl. The molecule has 1 radical (unpaired) electrons. The van der Waals surface area contributed by atoms with Gasteiger partial charge in [0, 0.05) is 11.4 Å². The monoisotopic (exact) mass is 391 g/mol. The molecule has 7 heteroatoms. The number of benzene rings is 2. The Kier molecular flexibility index (Phi) is 11.3. The molecule has 0 aliphatic heterocycles. The topological polar surface area (TPSA) is 42.5 Å². The van der Waals surface area contributed by atoms with Crippen molar-refractivity contribution < 1.29 is 9.47 Å². The molecule has 26 heavy (non-hydrogen) atoms. The number of ether oxygens (including phenoxy) is 2. The van der Waals surface area contributed by atoms with Crippen molar-refractivity contribution in [3.63, 3.8) is 0 Å². The molecule has 0 fully saturated rings. The van der Waals surface area contributed by atoms with Crippen LogP contribution < -0.4 is 20.1 Å². The van der Waals surface area contributed by atoms with Crippen LogP contribution in [0.2, 0.25) is 6.32 Å². The van der Waals surface area contributed by atoms with E-state index in [1.807, 2.05) is 69.3 Å². The lowest BCUT2D eigenvalue weighted by Crippen LogP contribution is -2.18. The molecule has 0 aliphatic carbocycles. The van der Waals surface area contributed by atoms with E-state index in [0.717, 1.165) is 29.2 Å². The maximum Gasteiger partial charge on any atom is 0.238 e. The summed E-state index contributed by atoms with van der Waals surface area (Å²) >= 11 is 10.4. The lowest BCUT2D eigenvalue weighted by molar-refractivity contribution is 0.340. The Morgan fingerprint density at radius 2 is 1.19 bits per heavy atom. The molecule has 0 heterocycles. The van der Waals surface area contributed by atoms with Gasteiger partial charge < -0.3 is 20.1 Å². The van der Waals surface area contributed by atoms with Gasteiger partial charge in [-0.05, 0) is 74.6 Å². The van der Waals surface area contributed by atoms with Gasteiger partial charge >= 0.3 is 0 Å². The van der Waals surface area contributed by atoms with Gasteiger partial charge in [0.1, 0.15) is 11.5 Å². The fraction of sp³-hybridized carbons (Fsp3) is 0.316. The third-order valence-corrected chi connectivity index (χ3v) is 3.51. The van der Waals surface area contributed by atoms with Crippen LogP contribution in [0.3, 0.4) is 0 Å². The molecule has 0 spiro atoms. The van der Waals surface area contributed by atoms with Crippen LogP contribution in [-0.2, 0) is 0 Å². The standard InChI is InChI=1S/C17H20N2O2S.C2H5BCl/c1-3-20-15-9-5-13(6-10-15)18-17(22)19-14-7-11-16(12-8-14)21-4-2;1-2-3-4/h5-12H,3-4H2,1-2H3,(H2,18,19,22);2H2,1H3. The summed E-state index contributed by atoms with van der Waals surface area (Å²) in [5, 5.41) is 6.80. The number of thiocarbonyl (C=S) groups is 1. The van der Waals surface area contributed by atoms with E-state index in [-0.39, 0.29) is 0 Å². The average Bonchev–Trinajstić information content (AvgIpc) is 2.65. The number of anilines is 2. The average molecular weight is 392 g/mol. The van der Waals surface area contributed by atoms with Crippen LogP contribution in [0.4, 0.5) is 11.4 Å². The third kappa shape index (κ3) is 8.97. The first-order valence-electron chi connectivity index (χ1n) is 8.58. The molecule has 0 saturated heterocycles. The normalized spacial score (nSPS) is 9.38. The second-order valence-corrected chi connectivity index (χ2v) is 5.77. The van der Waals surface area contributed by atoms with Crippen LogP contribution in [0, 0.1) is 0 Å². The molecule has 2 N–H and O–H groups in total. The van der Waals surface area contributed by atoms with Gasteiger partial charge in [-0.3, -0.25) is 0 Å². The van der Waals surface area contributed by atoms with E-state index >= 15 is 0 Å². The van der Waals surface area contributed by atoms with E-state index < -0.39 is 0 Å². The Morgan fingerprint density at radius 1 is 0.846 bits per heavy atom. The van der Waals surface area contributed by atoms with Gasteiger partial charge in [-0.1, -0.05) is 13.2 Å². The van der Waals surface area contributed by atoms with Crippen LogP contribution in [0.15, 0.2) is 48.5 Å². The van der Waals surface area contributed by atoms with Crippen molar-refractivity contribution in [1.82, 2.24) is 0 Å². The lowest BCUT2D eigenvalue weighted by Gasteiger charge is -2.12. The van der Waals surface area contributed by atoms with Gasteiger partial charge in [-0.2, -0.15) is 0 Å². The zero-order valence-corrected chi connectivity index (χ0v) is 17.0. The fourth-order valence-corrected chi connectivity index (χ4v) is 2.13. The van der Waals surface area contributed by atoms with E-state index in [1.54, 1.807) is 6.69 Å². The Balaban J connectivity index is 0.000000765. The van der Waals surface area contributed by atoms with Gasteiger partial charge in [-0.15, -0.1) is 0 Å². The molecule has 0 unspecified atom stereocenters. The molecular weight excluding hydrogens is 367 g/mol. The first kappa shape index (κ1) is 22.1. The summed E-state index contributed by atoms with van der Waals surface area (Å²) in [6, 6.07) is 15.3. The predicted molar refractivity (Wildman–Crippen MR) is 117 cm³/mol. The smallest absolute Gasteiger partial charge is 0.238 e. The minimum atomic E-state index is 0.535. The second kappa shape index (κ2) is 13.3. The van der Waals surface area contributed by atoms with Crippen molar-refractivity contribution in [1.29, 1.82) is 0 Å². The van der Waals surface area contributed by atoms with Crippen LogP contribution in [-0.4, -0.2) is 25.0 Å². The van der Waals surface area contributed by atoms with Crippen LogP contribution in [0.1, 0.15) is 20.8 Å². The molecular formula is C19H25BClN2O2S. The largest absolute Gasteiger partial charge is 0.494 e. The summed E-state index contributed by atoms with van der Waals surface area (Å²) in [4.78, 5) is 0. The Bertz CT molecular complexity index is 583. The van der Waals surface area contributed by atoms with Crippen molar-refractivity contribution in [2.45, 2.75) is 27.1 Å². The lowest BCUT2D eigenvalue weighted by atomic mass is 10.1. The van der Waals surface area contributed by atoms with Crippen LogP contribution >= 0.6 is 23.7 Å². The van der Waals surface area contributed by atoms with Crippen molar-refractivity contribution >= 4 is 46.9 Å². The van der Waals surface area contributed by atoms with Gasteiger partial charge in [0.2, 0.25) is 6.69 Å². The molecule has 2 aromatic rings. The maximum absolute atomic E-state index is 5.40. The summed E-state index contributed by atoms with van der Waals surface area (Å²) in [6.07, 6.45) is 0.960. The molecule has 0 aliphatic rings. The number of rotatable bonds is 7. The molecule has 0 bridgehead atoms. The van der Waals surface area contributed by atoms with E-state index in [2.05, 4.69) is 10.6 Å². The van der Waals surface area contributed by atoms with Crippen molar-refractivity contribution in [3.8, 4) is 11.5 Å². The van der Waals surface area contributed by atoms with Gasteiger partial charge in [0.15, 0.2) is 5.11 Å². The second-order valence-electron chi connectivity index (χ2n) is 5.06. The summed E-state index contributed by atoms with van der Waals surface area (Å²) < 4.78 is 10.8. The molecule has 0 saturated carbocycles. The van der Waals surface area contributed by atoms with Gasteiger partial charge in [0.05, 0.1) is 13.2 Å². The molecule has 139 valence electrons. The van der Waals surface area contributed by atoms with Crippen LogP contribution in [0.25, 0.3) is 0 Å². The highest BCUT2D eigenvalue weighted by molar-refractivity contribution is 7.80. The fourth-order valence-electron chi connectivity index (χ4n) is 1.90. The molecule has 0 aromatic heterocycles. The van der Waals surface area contributed by atoms with Crippen LogP contribution in [0.5, 0.6) is 11.5 Å². The zero-order chi connectivity index (χ0) is 19.2. The van der Waals surface area contributed by atoms with Crippen molar-refractivity contribution in [2.75, 3.05) is 23.8 Å². The first-order chi connectivity index (χ1) is 12.6. The van der Waals surface area contributed by atoms with Gasteiger partial charge in [0.25, 0.3) is 0 Å². The number of nitrogens with one attached hydrogen (secondary N) is 2. The predicted octanol–water partition coefficient (Wildman–Crippen LogP) is 5.58. The summed E-state index contributed by atoms with van der Waals surface area (Å²) in [5.41, 5.74) is 1.82. The number of halogens is 1. The summed E-state index contributed by atoms with van der Waals surface area (Å²) in [7, 11) is 0. The first-order valence-corrected chi connectivity index (χ1v) is 9.42. The van der Waals surface area contributed by atoms with Gasteiger partial charge in [-0.25, -0.2) is 11.5 Å². The van der Waals surface area contributed by atoms with Crippen molar-refractivity contribution in [3.05, 3.63) is 48.5 Å². The molecule has 0 atom stereocenters. The highest BCUT2D eigenvalue weighted by Crippen LogP contribution is 2.18. The Labute approximate surface area is 167 Å². The van der Waals surface area contributed by atoms with E-state index in [4.69, 9.17) is 33.2 Å². The Hall–Kier alpha value is -1.92. The van der Waals surface area contributed by atoms with E-state index in [0.29, 0.717) is 18.3 Å². The van der Waals surface area contributed by atoms with Crippen molar-refractivity contribution in [2.24, 2.45) is 0 Å². The Morgan fingerprint density at radius 3 is 1.46 bits per heavy atom. The number of hydrogen-bond donors (Lipinski definition) is 2. The molecule has 2 aromatic carbocycles. The van der Waals surface area contributed by atoms with E-state index in [1.165, 1.54) is 0 Å². The van der Waals surface area contributed by atoms with E-state index in [9.17, 15) is 0 Å². The maximum atomic E-state index is 5.40. The third-order valence-electron chi connectivity index (χ3n) is 3.00. The minimum absolute atomic E-state index is 0.535. The number of hydrogen-bond acceptors (Lipinski definition) is 3. The highest BCUT2D eigenvalue weighted by Gasteiger charge is 2.00. The highest BCUT2D eigenvalue weighted by atomic mass is 35.5. The summed E-state index contributed by atoms with van der Waals surface area (Å²) in [6.45, 7) is 8.83. The molecule has 2 rings (SSSR count).